The quantitative estimate of drug-likeness (QED) is 0.705. The fourth-order valence-electron chi connectivity index (χ4n) is 1.07. The summed E-state index contributed by atoms with van der Waals surface area (Å²) in [6.45, 7) is 0.135. The second-order valence-corrected chi connectivity index (χ2v) is 2.71. The Morgan fingerprint density at radius 1 is 1.33 bits per heavy atom. The molecule has 2 N–H and O–H groups in total. The van der Waals surface area contributed by atoms with Crippen LogP contribution in [0.1, 0.15) is 24.5 Å². The molecular weight excluding hydrogens is 152 g/mol. The molecule has 1 aromatic carbocycles. The van der Waals surface area contributed by atoms with E-state index in [0.717, 1.165) is 5.56 Å². The van der Waals surface area contributed by atoms with Crippen LogP contribution in [0.25, 0.3) is 0 Å². The third kappa shape index (κ3) is 2.64. The number of rotatable bonds is 4. The smallest absolute Gasteiger partial charge is 0.0790 e. The van der Waals surface area contributed by atoms with Crippen molar-refractivity contribution in [1.29, 1.82) is 0 Å². The van der Waals surface area contributed by atoms with Gasteiger partial charge in [0.2, 0.25) is 0 Å². The summed E-state index contributed by atoms with van der Waals surface area (Å²) in [5, 5.41) is 18.1. The lowest BCUT2D eigenvalue weighted by Gasteiger charge is -2.08. The van der Waals surface area contributed by atoms with Crippen molar-refractivity contribution in [2.24, 2.45) is 0 Å². The summed E-state index contributed by atoms with van der Waals surface area (Å²) in [5.41, 5.74) is 0.891. The average Bonchev–Trinajstić information content (AvgIpc) is 2.15. The van der Waals surface area contributed by atoms with Gasteiger partial charge >= 0.3 is 0 Å². The Morgan fingerprint density at radius 3 is 2.58 bits per heavy atom. The van der Waals surface area contributed by atoms with Crippen molar-refractivity contribution in [1.82, 2.24) is 0 Å². The zero-order valence-electron chi connectivity index (χ0n) is 6.90. The topological polar surface area (TPSA) is 40.5 Å². The van der Waals surface area contributed by atoms with Gasteiger partial charge in [0, 0.05) is 6.61 Å². The van der Waals surface area contributed by atoms with E-state index in [9.17, 15) is 5.11 Å². The summed E-state index contributed by atoms with van der Waals surface area (Å²) in [6.07, 6.45) is 0.798. The Bertz CT molecular complexity index is 208. The Morgan fingerprint density at radius 2 is 2.00 bits per heavy atom. The van der Waals surface area contributed by atoms with Crippen molar-refractivity contribution in [3.05, 3.63) is 35.9 Å². The van der Waals surface area contributed by atoms with Gasteiger partial charge in [0.1, 0.15) is 0 Å². The molecule has 2 nitrogen and oxygen atoms in total. The molecule has 1 rings (SSSR count). The zero-order chi connectivity index (χ0) is 8.81. The van der Waals surface area contributed by atoms with Crippen LogP contribution in [0.4, 0.5) is 0 Å². The maximum atomic E-state index is 9.53. The standard InChI is InChI=1S/C10H13O2/c11-8-4-7-10(12)9-5-2-1-3-6-9/h2-3,5-6,10-12H,4,7-8H2. The molecule has 0 aromatic heterocycles. The minimum atomic E-state index is -0.452. The highest BCUT2D eigenvalue weighted by Crippen LogP contribution is 2.16. The predicted octanol–water partition coefficient (Wildman–Crippen LogP) is 1.29. The summed E-state index contributed by atoms with van der Waals surface area (Å²) < 4.78 is 0. The summed E-state index contributed by atoms with van der Waals surface area (Å²) in [7, 11) is 0. The van der Waals surface area contributed by atoms with Crippen LogP contribution >= 0.6 is 0 Å². The molecule has 0 aliphatic heterocycles. The lowest BCUT2D eigenvalue weighted by molar-refractivity contribution is 0.152. The number of aliphatic hydroxyl groups is 2. The molecule has 2 heteroatoms. The average molecular weight is 165 g/mol. The van der Waals surface area contributed by atoms with Crippen molar-refractivity contribution >= 4 is 0 Å². The van der Waals surface area contributed by atoms with Crippen LogP contribution in [-0.4, -0.2) is 16.8 Å². The molecule has 0 spiro atoms. The predicted molar refractivity (Wildman–Crippen MR) is 46.6 cm³/mol. The third-order valence-electron chi connectivity index (χ3n) is 1.76. The second kappa shape index (κ2) is 4.91. The lowest BCUT2D eigenvalue weighted by atomic mass is 10.1. The third-order valence-corrected chi connectivity index (χ3v) is 1.76. The van der Waals surface area contributed by atoms with E-state index in [1.807, 2.05) is 12.1 Å². The number of hydrogen-bond acceptors (Lipinski definition) is 2. The molecule has 1 radical (unpaired) electrons. The molecule has 0 aliphatic rings. The maximum absolute atomic E-state index is 9.53. The molecule has 0 saturated heterocycles. The van der Waals surface area contributed by atoms with E-state index in [-0.39, 0.29) is 6.61 Å². The SMILES string of the molecule is OCCCC(O)c1cc[c]cc1. The molecule has 0 saturated carbocycles. The van der Waals surface area contributed by atoms with E-state index < -0.39 is 6.10 Å². The van der Waals surface area contributed by atoms with Crippen LogP contribution in [0.3, 0.4) is 0 Å². The van der Waals surface area contributed by atoms with Crippen LogP contribution in [0.2, 0.25) is 0 Å². The highest BCUT2D eigenvalue weighted by Gasteiger charge is 2.04. The van der Waals surface area contributed by atoms with Gasteiger partial charge in [-0.05, 0) is 24.5 Å². The number of benzene rings is 1. The first kappa shape index (κ1) is 9.23. The van der Waals surface area contributed by atoms with Gasteiger partial charge in [-0.15, -0.1) is 0 Å². The van der Waals surface area contributed by atoms with E-state index in [1.54, 1.807) is 12.1 Å². The Balaban J connectivity index is 2.48. The van der Waals surface area contributed by atoms with Crippen LogP contribution in [-0.2, 0) is 0 Å². The van der Waals surface area contributed by atoms with Gasteiger partial charge < -0.3 is 10.2 Å². The lowest BCUT2D eigenvalue weighted by Crippen LogP contribution is -1.98. The molecule has 65 valence electrons. The largest absolute Gasteiger partial charge is 0.396 e. The fourth-order valence-corrected chi connectivity index (χ4v) is 1.07. The number of hydrogen-bond donors (Lipinski definition) is 2. The molecule has 0 aliphatic carbocycles. The normalized spacial score (nSPS) is 12.8. The van der Waals surface area contributed by atoms with Crippen LogP contribution < -0.4 is 0 Å². The monoisotopic (exact) mass is 165 g/mol. The minimum absolute atomic E-state index is 0.135. The van der Waals surface area contributed by atoms with Gasteiger partial charge in [0.25, 0.3) is 0 Å². The molecule has 1 aromatic rings. The van der Waals surface area contributed by atoms with E-state index >= 15 is 0 Å². The molecule has 0 amide bonds. The van der Waals surface area contributed by atoms with E-state index in [4.69, 9.17) is 5.11 Å². The first-order valence-electron chi connectivity index (χ1n) is 4.09. The summed E-state index contributed by atoms with van der Waals surface area (Å²) in [6, 6.07) is 10.1. The maximum Gasteiger partial charge on any atom is 0.0790 e. The zero-order valence-corrected chi connectivity index (χ0v) is 6.90. The van der Waals surface area contributed by atoms with Crippen LogP contribution in [0, 0.1) is 6.07 Å². The van der Waals surface area contributed by atoms with Crippen molar-refractivity contribution < 1.29 is 10.2 Å². The summed E-state index contributed by atoms with van der Waals surface area (Å²) >= 11 is 0. The molecule has 1 atom stereocenters. The number of aliphatic hydroxyl groups excluding tert-OH is 2. The van der Waals surface area contributed by atoms with Gasteiger partial charge in [-0.3, -0.25) is 0 Å². The Kier molecular flexibility index (Phi) is 3.77. The van der Waals surface area contributed by atoms with Crippen molar-refractivity contribution in [2.75, 3.05) is 6.61 Å². The van der Waals surface area contributed by atoms with Gasteiger partial charge in [-0.1, -0.05) is 24.3 Å². The minimum Gasteiger partial charge on any atom is -0.396 e. The van der Waals surface area contributed by atoms with Crippen molar-refractivity contribution in [3.8, 4) is 0 Å². The van der Waals surface area contributed by atoms with Crippen LogP contribution in [0.5, 0.6) is 0 Å². The Labute approximate surface area is 72.5 Å². The Hall–Kier alpha value is -0.860. The highest BCUT2D eigenvalue weighted by molar-refractivity contribution is 5.16. The van der Waals surface area contributed by atoms with Crippen molar-refractivity contribution in [2.45, 2.75) is 18.9 Å². The molecule has 0 fully saturated rings. The van der Waals surface area contributed by atoms with Gasteiger partial charge in [-0.25, -0.2) is 0 Å². The molecule has 0 bridgehead atoms. The molecule has 12 heavy (non-hydrogen) atoms. The van der Waals surface area contributed by atoms with Gasteiger partial charge in [-0.2, -0.15) is 0 Å². The van der Waals surface area contributed by atoms with E-state index in [0.29, 0.717) is 12.8 Å². The van der Waals surface area contributed by atoms with Crippen LogP contribution in [0.15, 0.2) is 24.3 Å². The van der Waals surface area contributed by atoms with Gasteiger partial charge in [0.15, 0.2) is 0 Å². The summed E-state index contributed by atoms with van der Waals surface area (Å²) in [5.74, 6) is 0. The molecule has 0 heterocycles. The first-order chi connectivity index (χ1) is 5.84. The van der Waals surface area contributed by atoms with Gasteiger partial charge in [0.05, 0.1) is 6.10 Å². The highest BCUT2D eigenvalue weighted by atomic mass is 16.3. The van der Waals surface area contributed by atoms with Crippen molar-refractivity contribution in [3.63, 3.8) is 0 Å². The molecular formula is C10H13O2. The second-order valence-electron chi connectivity index (χ2n) is 2.71. The van der Waals surface area contributed by atoms with E-state index in [1.165, 1.54) is 0 Å². The van der Waals surface area contributed by atoms with E-state index in [2.05, 4.69) is 6.07 Å². The fraction of sp³-hybridized carbons (Fsp3) is 0.400. The first-order valence-corrected chi connectivity index (χ1v) is 4.09. The summed E-state index contributed by atoms with van der Waals surface area (Å²) in [4.78, 5) is 0. The molecule has 1 unspecified atom stereocenters.